The molecule has 1 heterocycles. The summed E-state index contributed by atoms with van der Waals surface area (Å²) in [5.74, 6) is 4.27. The van der Waals surface area contributed by atoms with Gasteiger partial charge in [0.2, 0.25) is 11.8 Å². The smallest absolute Gasteiger partial charge is 0.277 e. The number of anilines is 1. The predicted molar refractivity (Wildman–Crippen MR) is 111 cm³/mol. The number of nitrogens with one attached hydrogen (secondary N) is 1. The van der Waals surface area contributed by atoms with Crippen LogP contribution >= 0.6 is 11.8 Å². The molecule has 7 heteroatoms. The second-order valence-corrected chi connectivity index (χ2v) is 9.79. The molecule has 6 nitrogen and oxygen atoms in total. The monoisotopic (exact) mass is 413 g/mol. The number of benzene rings is 1. The molecule has 4 aliphatic rings. The first-order chi connectivity index (χ1) is 14.1. The molecule has 6 rings (SSSR count). The Labute approximate surface area is 175 Å². The van der Waals surface area contributed by atoms with Gasteiger partial charge in [-0.25, -0.2) is 0 Å². The van der Waals surface area contributed by atoms with Crippen LogP contribution in [0.5, 0.6) is 5.75 Å². The molecule has 2 aromatic rings. The third kappa shape index (κ3) is 3.89. The van der Waals surface area contributed by atoms with Gasteiger partial charge in [0.1, 0.15) is 5.75 Å². The van der Waals surface area contributed by atoms with Crippen LogP contribution in [0, 0.1) is 17.8 Å². The third-order valence-electron chi connectivity index (χ3n) is 6.67. The zero-order valence-corrected chi connectivity index (χ0v) is 17.5. The van der Waals surface area contributed by atoms with Gasteiger partial charge in [0.25, 0.3) is 5.22 Å². The van der Waals surface area contributed by atoms with Crippen LogP contribution in [0.25, 0.3) is 0 Å². The van der Waals surface area contributed by atoms with E-state index >= 15 is 0 Å². The van der Waals surface area contributed by atoms with Crippen LogP contribution in [0.3, 0.4) is 0 Å². The van der Waals surface area contributed by atoms with Crippen molar-refractivity contribution in [2.45, 2.75) is 56.1 Å². The Kier molecular flexibility index (Phi) is 5.02. The Morgan fingerprint density at radius 3 is 2.41 bits per heavy atom. The fourth-order valence-electron chi connectivity index (χ4n) is 5.98. The number of amides is 1. The summed E-state index contributed by atoms with van der Waals surface area (Å²) in [6.45, 7) is 2.57. The Hall–Kier alpha value is -2.02. The molecule has 4 bridgehead atoms. The average molecular weight is 414 g/mol. The minimum atomic E-state index is -0.0892. The van der Waals surface area contributed by atoms with Gasteiger partial charge in [0.15, 0.2) is 0 Å². The van der Waals surface area contributed by atoms with Crippen molar-refractivity contribution in [3.8, 4) is 5.75 Å². The molecule has 0 unspecified atom stereocenters. The Balaban J connectivity index is 1.17. The number of rotatable bonds is 7. The maximum atomic E-state index is 12.3. The summed E-state index contributed by atoms with van der Waals surface area (Å²) < 4.78 is 11.5. The molecule has 1 amide bonds. The van der Waals surface area contributed by atoms with E-state index in [0.717, 1.165) is 35.1 Å². The summed E-state index contributed by atoms with van der Waals surface area (Å²) in [6, 6.07) is 7.38. The van der Waals surface area contributed by atoms with Gasteiger partial charge >= 0.3 is 0 Å². The van der Waals surface area contributed by atoms with Gasteiger partial charge in [0, 0.05) is 11.1 Å². The van der Waals surface area contributed by atoms with Crippen molar-refractivity contribution in [1.29, 1.82) is 0 Å². The fraction of sp³-hybridized carbons (Fsp3) is 0.591. The summed E-state index contributed by atoms with van der Waals surface area (Å²) in [7, 11) is 0. The number of carbonyl (C=O) groups excluding carboxylic acids is 1. The van der Waals surface area contributed by atoms with Gasteiger partial charge in [-0.1, -0.05) is 11.8 Å². The molecule has 4 saturated carbocycles. The van der Waals surface area contributed by atoms with Gasteiger partial charge in [-0.3, -0.25) is 4.79 Å². The molecule has 4 aliphatic carbocycles. The number of carbonyl (C=O) groups is 1. The van der Waals surface area contributed by atoms with E-state index in [9.17, 15) is 4.79 Å². The van der Waals surface area contributed by atoms with Crippen LogP contribution in [-0.2, 0) is 10.2 Å². The maximum Gasteiger partial charge on any atom is 0.277 e. The van der Waals surface area contributed by atoms with Crippen LogP contribution < -0.4 is 10.1 Å². The quantitative estimate of drug-likeness (QED) is 0.665. The zero-order chi connectivity index (χ0) is 19.8. The topological polar surface area (TPSA) is 77.2 Å². The fourth-order valence-corrected chi connectivity index (χ4v) is 6.54. The van der Waals surface area contributed by atoms with Gasteiger partial charge in [0.05, 0.1) is 12.4 Å². The summed E-state index contributed by atoms with van der Waals surface area (Å²) in [4.78, 5) is 12.3. The van der Waals surface area contributed by atoms with Crippen LogP contribution in [0.4, 0.5) is 5.69 Å². The van der Waals surface area contributed by atoms with Crippen molar-refractivity contribution in [2.24, 2.45) is 17.8 Å². The molecule has 4 fully saturated rings. The molecular weight excluding hydrogens is 386 g/mol. The lowest BCUT2D eigenvalue weighted by atomic mass is 9.49. The third-order valence-corrected chi connectivity index (χ3v) is 7.49. The Morgan fingerprint density at radius 1 is 1.14 bits per heavy atom. The number of hydrogen-bond donors (Lipinski definition) is 1. The average Bonchev–Trinajstić information content (AvgIpc) is 3.17. The molecule has 1 N–H and O–H groups in total. The van der Waals surface area contributed by atoms with E-state index in [2.05, 4.69) is 15.5 Å². The summed E-state index contributed by atoms with van der Waals surface area (Å²) in [5, 5.41) is 12.0. The van der Waals surface area contributed by atoms with Crippen molar-refractivity contribution in [3.63, 3.8) is 0 Å². The van der Waals surface area contributed by atoms with Crippen molar-refractivity contribution in [3.05, 3.63) is 30.2 Å². The second-order valence-electron chi connectivity index (χ2n) is 8.87. The second kappa shape index (κ2) is 7.67. The molecular formula is C22H27N3O3S. The number of hydrogen-bond acceptors (Lipinski definition) is 6. The normalized spacial score (nSPS) is 29.8. The summed E-state index contributed by atoms with van der Waals surface area (Å²) in [5.41, 5.74) is 0.851. The van der Waals surface area contributed by atoms with Gasteiger partial charge in [-0.2, -0.15) is 0 Å². The van der Waals surface area contributed by atoms with Crippen molar-refractivity contribution >= 4 is 23.4 Å². The summed E-state index contributed by atoms with van der Waals surface area (Å²) in [6.07, 6.45) is 7.76. The van der Waals surface area contributed by atoms with E-state index < -0.39 is 0 Å². The number of thioether (sulfide) groups is 1. The SMILES string of the molecule is CCOc1ccc(NC(=O)CSc2nnc(C34CC5CC(CC(C5)C3)C4)o2)cc1. The largest absolute Gasteiger partial charge is 0.494 e. The Bertz CT molecular complexity index is 844. The number of nitrogens with zero attached hydrogens (tertiary/aromatic N) is 2. The highest BCUT2D eigenvalue weighted by molar-refractivity contribution is 7.99. The van der Waals surface area contributed by atoms with Crippen LogP contribution in [0.1, 0.15) is 51.3 Å². The van der Waals surface area contributed by atoms with Crippen LogP contribution in [0.15, 0.2) is 33.9 Å². The number of ether oxygens (including phenoxy) is 1. The minimum Gasteiger partial charge on any atom is -0.494 e. The van der Waals surface area contributed by atoms with Gasteiger partial charge in [-0.05, 0) is 87.5 Å². The minimum absolute atomic E-state index is 0.0892. The highest BCUT2D eigenvalue weighted by Gasteiger charge is 2.54. The van der Waals surface area contributed by atoms with Crippen LogP contribution in [-0.4, -0.2) is 28.5 Å². The highest BCUT2D eigenvalue weighted by atomic mass is 32.2. The lowest BCUT2D eigenvalue weighted by Gasteiger charge is -2.55. The van der Waals surface area contributed by atoms with Gasteiger partial charge < -0.3 is 14.5 Å². The molecule has 154 valence electrons. The first-order valence-corrected chi connectivity index (χ1v) is 11.6. The lowest BCUT2D eigenvalue weighted by Crippen LogP contribution is -2.48. The summed E-state index contributed by atoms with van der Waals surface area (Å²) >= 11 is 1.31. The lowest BCUT2D eigenvalue weighted by molar-refractivity contribution is -0.113. The standard InChI is InChI=1S/C22H27N3O3S/c1-2-27-18-5-3-17(4-6-18)23-19(26)13-29-21-25-24-20(28-21)22-10-14-7-15(11-22)9-16(8-14)12-22/h3-6,14-16H,2,7-13H2,1H3,(H,23,26). The Morgan fingerprint density at radius 2 is 1.79 bits per heavy atom. The molecule has 0 atom stereocenters. The molecule has 0 saturated heterocycles. The van der Waals surface area contributed by atoms with Crippen molar-refractivity contribution in [1.82, 2.24) is 10.2 Å². The predicted octanol–water partition coefficient (Wildman–Crippen LogP) is 4.67. The first-order valence-electron chi connectivity index (χ1n) is 10.6. The van der Waals surface area contributed by atoms with Crippen molar-refractivity contribution in [2.75, 3.05) is 17.7 Å². The van der Waals surface area contributed by atoms with E-state index in [4.69, 9.17) is 9.15 Å². The van der Waals surface area contributed by atoms with E-state index in [1.165, 1.54) is 50.3 Å². The molecule has 0 aliphatic heterocycles. The highest BCUT2D eigenvalue weighted by Crippen LogP contribution is 2.60. The molecule has 1 aromatic carbocycles. The molecule has 1 aromatic heterocycles. The zero-order valence-electron chi connectivity index (χ0n) is 16.7. The van der Waals surface area contributed by atoms with Gasteiger partial charge in [-0.15, -0.1) is 10.2 Å². The van der Waals surface area contributed by atoms with E-state index in [1.807, 2.05) is 31.2 Å². The van der Waals surface area contributed by atoms with E-state index in [-0.39, 0.29) is 17.1 Å². The first kappa shape index (κ1) is 19.0. The molecule has 29 heavy (non-hydrogen) atoms. The van der Waals surface area contributed by atoms with E-state index in [0.29, 0.717) is 11.8 Å². The van der Waals surface area contributed by atoms with Crippen LogP contribution in [0.2, 0.25) is 0 Å². The molecule has 0 radical (unpaired) electrons. The maximum absolute atomic E-state index is 12.3. The van der Waals surface area contributed by atoms with Crippen molar-refractivity contribution < 1.29 is 13.9 Å². The van der Waals surface area contributed by atoms with E-state index in [1.54, 1.807) is 0 Å². The molecule has 0 spiro atoms. The number of aromatic nitrogens is 2.